The third-order valence-electron chi connectivity index (χ3n) is 0.889. The van der Waals surface area contributed by atoms with Gasteiger partial charge >= 0.3 is 11.9 Å². The first-order chi connectivity index (χ1) is 5.11. The van der Waals surface area contributed by atoms with E-state index in [1.165, 1.54) is 7.11 Å². The number of rotatable bonds is 3. The number of carboxylic acids is 1. The SMILES string of the molecule is COC(=O)/C(=C/C(=O)O)CBr. The molecule has 0 aliphatic heterocycles. The summed E-state index contributed by atoms with van der Waals surface area (Å²) < 4.78 is 4.30. The summed E-state index contributed by atoms with van der Waals surface area (Å²) in [7, 11) is 1.20. The Balaban J connectivity index is 4.39. The van der Waals surface area contributed by atoms with Gasteiger partial charge in [0.2, 0.25) is 0 Å². The molecule has 0 bridgehead atoms. The maximum Gasteiger partial charge on any atom is 0.334 e. The van der Waals surface area contributed by atoms with Crippen molar-refractivity contribution in [2.45, 2.75) is 0 Å². The van der Waals surface area contributed by atoms with E-state index in [-0.39, 0.29) is 10.9 Å². The van der Waals surface area contributed by atoms with E-state index in [4.69, 9.17) is 5.11 Å². The van der Waals surface area contributed by atoms with Gasteiger partial charge < -0.3 is 9.84 Å². The molecule has 0 aliphatic rings. The minimum Gasteiger partial charge on any atom is -0.478 e. The maximum atomic E-state index is 10.7. The lowest BCUT2D eigenvalue weighted by molar-refractivity contribution is -0.137. The number of carbonyl (C=O) groups excluding carboxylic acids is 1. The van der Waals surface area contributed by atoms with E-state index in [1.54, 1.807) is 0 Å². The number of carboxylic acid groups (broad SMARTS) is 1. The summed E-state index contributed by atoms with van der Waals surface area (Å²) >= 11 is 2.95. The summed E-state index contributed by atoms with van der Waals surface area (Å²) in [4.78, 5) is 20.8. The zero-order valence-electron chi connectivity index (χ0n) is 5.83. The van der Waals surface area contributed by atoms with Crippen molar-refractivity contribution in [3.05, 3.63) is 11.6 Å². The van der Waals surface area contributed by atoms with Crippen LogP contribution in [0, 0.1) is 0 Å². The van der Waals surface area contributed by atoms with Gasteiger partial charge in [0.15, 0.2) is 0 Å². The van der Waals surface area contributed by atoms with Crippen molar-refractivity contribution in [1.82, 2.24) is 0 Å². The predicted molar refractivity (Wildman–Crippen MR) is 41.5 cm³/mol. The fourth-order valence-corrected chi connectivity index (χ4v) is 0.823. The van der Waals surface area contributed by atoms with Gasteiger partial charge in [-0.15, -0.1) is 0 Å². The lowest BCUT2D eigenvalue weighted by atomic mass is 10.3. The van der Waals surface area contributed by atoms with Crippen LogP contribution in [-0.4, -0.2) is 29.5 Å². The van der Waals surface area contributed by atoms with Crippen molar-refractivity contribution < 1.29 is 19.4 Å². The Morgan fingerprint density at radius 3 is 2.45 bits per heavy atom. The molecule has 0 aliphatic carbocycles. The van der Waals surface area contributed by atoms with Gasteiger partial charge in [0.1, 0.15) is 0 Å². The summed E-state index contributed by atoms with van der Waals surface area (Å²) in [5.41, 5.74) is 0.0833. The van der Waals surface area contributed by atoms with Crippen LogP contribution in [0.25, 0.3) is 0 Å². The molecule has 0 spiro atoms. The molecule has 1 N–H and O–H groups in total. The van der Waals surface area contributed by atoms with Crippen LogP contribution in [0.1, 0.15) is 0 Å². The minimum atomic E-state index is -1.16. The van der Waals surface area contributed by atoms with E-state index < -0.39 is 11.9 Å². The van der Waals surface area contributed by atoms with Crippen LogP contribution in [-0.2, 0) is 14.3 Å². The number of alkyl halides is 1. The minimum absolute atomic E-state index is 0.0833. The van der Waals surface area contributed by atoms with Crippen molar-refractivity contribution in [2.24, 2.45) is 0 Å². The quantitative estimate of drug-likeness (QED) is 0.431. The Morgan fingerprint density at radius 1 is 1.64 bits per heavy atom. The molecule has 0 aromatic heterocycles. The number of hydrogen-bond donors (Lipinski definition) is 1. The Bertz CT molecular complexity index is 197. The van der Waals surface area contributed by atoms with Gasteiger partial charge in [0.25, 0.3) is 0 Å². The molecule has 0 radical (unpaired) electrons. The average Bonchev–Trinajstić information content (AvgIpc) is 1.98. The number of ether oxygens (including phenoxy) is 1. The first-order valence-electron chi connectivity index (χ1n) is 2.69. The number of methoxy groups -OCH3 is 1. The Morgan fingerprint density at radius 2 is 2.18 bits per heavy atom. The van der Waals surface area contributed by atoms with E-state index in [0.29, 0.717) is 0 Å². The topological polar surface area (TPSA) is 63.6 Å². The van der Waals surface area contributed by atoms with Crippen LogP contribution in [0.4, 0.5) is 0 Å². The molecule has 0 rings (SSSR count). The first kappa shape index (κ1) is 10.2. The molecule has 0 saturated carbocycles. The average molecular weight is 223 g/mol. The van der Waals surface area contributed by atoms with Crippen LogP contribution in [0.5, 0.6) is 0 Å². The molecular formula is C6H7BrO4. The van der Waals surface area contributed by atoms with Crippen LogP contribution in [0.3, 0.4) is 0 Å². The summed E-state index contributed by atoms with van der Waals surface area (Å²) in [6, 6.07) is 0. The van der Waals surface area contributed by atoms with Gasteiger partial charge in [-0.05, 0) is 0 Å². The van der Waals surface area contributed by atoms with E-state index in [2.05, 4.69) is 20.7 Å². The van der Waals surface area contributed by atoms with Crippen molar-refractivity contribution in [3.8, 4) is 0 Å². The molecule has 0 unspecified atom stereocenters. The van der Waals surface area contributed by atoms with Gasteiger partial charge in [0.05, 0.1) is 12.7 Å². The van der Waals surface area contributed by atoms with E-state index in [9.17, 15) is 9.59 Å². The fourth-order valence-electron chi connectivity index (χ4n) is 0.432. The second-order valence-corrected chi connectivity index (χ2v) is 2.19. The van der Waals surface area contributed by atoms with Crippen molar-refractivity contribution in [3.63, 3.8) is 0 Å². The largest absolute Gasteiger partial charge is 0.478 e. The molecule has 0 amide bonds. The second kappa shape index (κ2) is 4.90. The second-order valence-electron chi connectivity index (χ2n) is 1.63. The van der Waals surface area contributed by atoms with E-state index >= 15 is 0 Å². The van der Waals surface area contributed by atoms with Crippen LogP contribution >= 0.6 is 15.9 Å². The lowest BCUT2D eigenvalue weighted by Gasteiger charge is -1.97. The number of carbonyl (C=O) groups is 2. The molecule has 0 fully saturated rings. The standard InChI is InChI=1S/C6H7BrO4/c1-11-6(10)4(3-7)2-5(8)9/h2H,3H2,1H3,(H,8,9)/b4-2+. The molecule has 0 atom stereocenters. The van der Waals surface area contributed by atoms with Crippen LogP contribution in [0.2, 0.25) is 0 Å². The highest BCUT2D eigenvalue weighted by molar-refractivity contribution is 9.09. The van der Waals surface area contributed by atoms with Gasteiger partial charge in [-0.2, -0.15) is 0 Å². The molecule has 4 nitrogen and oxygen atoms in total. The summed E-state index contributed by atoms with van der Waals surface area (Å²) in [5, 5.41) is 8.43. The third-order valence-corrected chi connectivity index (χ3v) is 1.49. The number of esters is 1. The summed E-state index contributed by atoms with van der Waals surface area (Å²) in [6.07, 6.45) is 0.806. The smallest absolute Gasteiger partial charge is 0.334 e. The van der Waals surface area contributed by atoms with Crippen molar-refractivity contribution >= 4 is 27.9 Å². The summed E-state index contributed by atoms with van der Waals surface area (Å²) in [6.45, 7) is 0. The first-order valence-corrected chi connectivity index (χ1v) is 3.81. The monoisotopic (exact) mass is 222 g/mol. The zero-order chi connectivity index (χ0) is 8.85. The van der Waals surface area contributed by atoms with Gasteiger partial charge in [0, 0.05) is 11.4 Å². The maximum absolute atomic E-state index is 10.7. The van der Waals surface area contributed by atoms with E-state index in [1.807, 2.05) is 0 Å². The molecule has 11 heavy (non-hydrogen) atoms. The number of hydrogen-bond acceptors (Lipinski definition) is 3. The highest BCUT2D eigenvalue weighted by atomic mass is 79.9. The molecule has 0 aromatic carbocycles. The molecule has 5 heteroatoms. The highest BCUT2D eigenvalue weighted by Gasteiger charge is 2.08. The van der Waals surface area contributed by atoms with Gasteiger partial charge in [-0.1, -0.05) is 15.9 Å². The predicted octanol–water partition coefficient (Wildman–Crippen LogP) is 0.565. The van der Waals surface area contributed by atoms with Crippen molar-refractivity contribution in [1.29, 1.82) is 0 Å². The molecule has 62 valence electrons. The normalized spacial score (nSPS) is 10.9. The third kappa shape index (κ3) is 3.77. The number of halogens is 1. The Labute approximate surface area is 72.0 Å². The Hall–Kier alpha value is -0.840. The molecule has 0 aromatic rings. The molecular weight excluding hydrogens is 216 g/mol. The van der Waals surface area contributed by atoms with Gasteiger partial charge in [-0.25, -0.2) is 9.59 Å². The Kier molecular flexibility index (Phi) is 4.52. The number of aliphatic carboxylic acids is 1. The van der Waals surface area contributed by atoms with Gasteiger partial charge in [-0.3, -0.25) is 0 Å². The van der Waals surface area contributed by atoms with Crippen LogP contribution in [0.15, 0.2) is 11.6 Å². The van der Waals surface area contributed by atoms with Crippen LogP contribution < -0.4 is 0 Å². The lowest BCUT2D eigenvalue weighted by Crippen LogP contribution is -2.07. The van der Waals surface area contributed by atoms with E-state index in [0.717, 1.165) is 6.08 Å². The van der Waals surface area contributed by atoms with Crippen molar-refractivity contribution in [2.75, 3.05) is 12.4 Å². The molecule has 0 saturated heterocycles. The zero-order valence-corrected chi connectivity index (χ0v) is 7.42. The molecule has 0 heterocycles. The highest BCUT2D eigenvalue weighted by Crippen LogP contribution is 2.01. The fraction of sp³-hybridized carbons (Fsp3) is 0.333. The summed E-state index contributed by atoms with van der Waals surface area (Å²) in [5.74, 6) is -1.80.